The lowest BCUT2D eigenvalue weighted by atomic mass is 10.1. The molecule has 32 heavy (non-hydrogen) atoms. The number of hydrogen-bond acceptors (Lipinski definition) is 5. The van der Waals surface area contributed by atoms with E-state index in [1.54, 1.807) is 67.7 Å². The third-order valence-electron chi connectivity index (χ3n) is 4.50. The van der Waals surface area contributed by atoms with E-state index in [1.807, 2.05) is 6.07 Å². The SMILES string of the molecule is COc1cccc(C(=O)Nc2c(Cl)cccc2CN(C)C(=O)Nc2cccc(C#N)c2)n1. The van der Waals surface area contributed by atoms with Crippen LogP contribution in [0.5, 0.6) is 5.88 Å². The smallest absolute Gasteiger partial charge is 0.321 e. The molecular weight excluding hydrogens is 430 g/mol. The van der Waals surface area contributed by atoms with E-state index < -0.39 is 5.91 Å². The minimum Gasteiger partial charge on any atom is -0.481 e. The average Bonchev–Trinajstić information content (AvgIpc) is 2.81. The number of halogens is 1. The zero-order chi connectivity index (χ0) is 23.1. The summed E-state index contributed by atoms with van der Waals surface area (Å²) in [6.07, 6.45) is 0. The molecule has 1 aromatic heterocycles. The summed E-state index contributed by atoms with van der Waals surface area (Å²) in [4.78, 5) is 30.9. The van der Waals surface area contributed by atoms with Gasteiger partial charge in [0.25, 0.3) is 5.91 Å². The van der Waals surface area contributed by atoms with Gasteiger partial charge in [-0.1, -0.05) is 35.9 Å². The zero-order valence-electron chi connectivity index (χ0n) is 17.4. The molecular formula is C23H20ClN5O3. The van der Waals surface area contributed by atoms with Crippen LogP contribution >= 0.6 is 11.6 Å². The topological polar surface area (TPSA) is 107 Å². The Morgan fingerprint density at radius 2 is 1.88 bits per heavy atom. The number of pyridine rings is 1. The minimum atomic E-state index is -0.460. The number of benzene rings is 2. The van der Waals surface area contributed by atoms with E-state index in [1.165, 1.54) is 12.0 Å². The molecule has 0 spiro atoms. The summed E-state index contributed by atoms with van der Waals surface area (Å²) in [5.41, 5.74) is 2.13. The number of hydrogen-bond donors (Lipinski definition) is 2. The first kappa shape index (κ1) is 22.6. The number of ether oxygens (including phenoxy) is 1. The Hall–Kier alpha value is -4.09. The van der Waals surface area contributed by atoms with Crippen LogP contribution in [0.1, 0.15) is 21.6 Å². The number of urea groups is 1. The van der Waals surface area contributed by atoms with Gasteiger partial charge in [0.15, 0.2) is 0 Å². The Morgan fingerprint density at radius 1 is 1.12 bits per heavy atom. The summed E-state index contributed by atoms with van der Waals surface area (Å²) < 4.78 is 5.06. The Morgan fingerprint density at radius 3 is 2.62 bits per heavy atom. The molecule has 1 heterocycles. The minimum absolute atomic E-state index is 0.165. The van der Waals surface area contributed by atoms with E-state index in [-0.39, 0.29) is 18.3 Å². The van der Waals surface area contributed by atoms with Crippen molar-refractivity contribution < 1.29 is 14.3 Å². The third-order valence-corrected chi connectivity index (χ3v) is 4.82. The molecule has 0 radical (unpaired) electrons. The van der Waals surface area contributed by atoms with Crippen LogP contribution in [0.4, 0.5) is 16.2 Å². The molecule has 0 unspecified atom stereocenters. The molecule has 0 aliphatic carbocycles. The van der Waals surface area contributed by atoms with Crippen LogP contribution < -0.4 is 15.4 Å². The summed E-state index contributed by atoms with van der Waals surface area (Å²) in [6, 6.07) is 18.3. The molecule has 0 atom stereocenters. The second-order valence-corrected chi connectivity index (χ2v) is 7.18. The van der Waals surface area contributed by atoms with Crippen molar-refractivity contribution in [2.45, 2.75) is 6.54 Å². The van der Waals surface area contributed by atoms with E-state index in [0.717, 1.165) is 0 Å². The number of methoxy groups -OCH3 is 1. The van der Waals surface area contributed by atoms with Gasteiger partial charge in [0, 0.05) is 25.3 Å². The van der Waals surface area contributed by atoms with Crippen LogP contribution in [0.25, 0.3) is 0 Å². The summed E-state index contributed by atoms with van der Waals surface area (Å²) >= 11 is 6.34. The molecule has 2 aromatic carbocycles. The van der Waals surface area contributed by atoms with Crippen LogP contribution in [0.15, 0.2) is 60.7 Å². The second kappa shape index (κ2) is 10.3. The molecule has 8 nitrogen and oxygen atoms in total. The van der Waals surface area contributed by atoms with Crippen molar-refractivity contribution in [3.8, 4) is 11.9 Å². The van der Waals surface area contributed by atoms with Crippen molar-refractivity contribution >= 4 is 34.9 Å². The predicted molar refractivity (Wildman–Crippen MR) is 122 cm³/mol. The van der Waals surface area contributed by atoms with Crippen LogP contribution in [0.3, 0.4) is 0 Å². The number of nitrogens with zero attached hydrogens (tertiary/aromatic N) is 3. The highest BCUT2D eigenvalue weighted by molar-refractivity contribution is 6.34. The molecule has 3 amide bonds. The highest BCUT2D eigenvalue weighted by atomic mass is 35.5. The van der Waals surface area contributed by atoms with Gasteiger partial charge in [-0.05, 0) is 35.9 Å². The average molecular weight is 450 g/mol. The predicted octanol–water partition coefficient (Wildman–Crippen LogP) is 4.53. The molecule has 2 N–H and O–H groups in total. The highest BCUT2D eigenvalue weighted by Gasteiger charge is 2.17. The fourth-order valence-corrected chi connectivity index (χ4v) is 3.13. The Bertz CT molecular complexity index is 1190. The standard InChI is InChI=1S/C23H20ClN5O3/c1-29(23(31)26-17-8-3-6-15(12-17)13-25)14-16-7-4-9-18(24)21(16)28-22(30)19-10-5-11-20(27-19)32-2/h3-12H,14H2,1-2H3,(H,26,31)(H,28,30). The first-order chi connectivity index (χ1) is 15.4. The molecule has 0 bridgehead atoms. The molecule has 162 valence electrons. The number of nitriles is 1. The van der Waals surface area contributed by atoms with Gasteiger partial charge in [-0.15, -0.1) is 0 Å². The molecule has 3 aromatic rings. The first-order valence-electron chi connectivity index (χ1n) is 9.53. The molecule has 0 saturated carbocycles. The van der Waals surface area contributed by atoms with Crippen molar-refractivity contribution in [3.05, 3.63) is 82.5 Å². The van der Waals surface area contributed by atoms with Gasteiger partial charge < -0.3 is 20.3 Å². The van der Waals surface area contributed by atoms with Crippen molar-refractivity contribution in [1.29, 1.82) is 5.26 Å². The highest BCUT2D eigenvalue weighted by Crippen LogP contribution is 2.28. The van der Waals surface area contributed by atoms with Crippen molar-refractivity contribution in [1.82, 2.24) is 9.88 Å². The quantitative estimate of drug-likeness (QED) is 0.574. The van der Waals surface area contributed by atoms with E-state index in [0.29, 0.717) is 33.4 Å². The van der Waals surface area contributed by atoms with Gasteiger partial charge in [-0.2, -0.15) is 5.26 Å². The molecule has 9 heteroatoms. The normalized spacial score (nSPS) is 10.1. The number of nitrogens with one attached hydrogen (secondary N) is 2. The van der Waals surface area contributed by atoms with E-state index in [4.69, 9.17) is 21.6 Å². The summed E-state index contributed by atoms with van der Waals surface area (Å²) in [6.45, 7) is 0.172. The monoisotopic (exact) mass is 449 g/mol. The number of para-hydroxylation sites is 1. The van der Waals surface area contributed by atoms with Crippen molar-refractivity contribution in [2.24, 2.45) is 0 Å². The largest absolute Gasteiger partial charge is 0.481 e. The molecule has 0 aliphatic rings. The second-order valence-electron chi connectivity index (χ2n) is 6.77. The maximum absolute atomic E-state index is 12.7. The summed E-state index contributed by atoms with van der Waals surface area (Å²) in [5.74, 6) is -0.146. The number of carbonyl (C=O) groups is 2. The first-order valence-corrected chi connectivity index (χ1v) is 9.91. The number of anilines is 2. The number of amides is 3. The Kier molecular flexibility index (Phi) is 7.26. The van der Waals surface area contributed by atoms with E-state index >= 15 is 0 Å². The third kappa shape index (κ3) is 5.53. The lowest BCUT2D eigenvalue weighted by Gasteiger charge is -2.21. The van der Waals surface area contributed by atoms with Crippen LogP contribution in [0, 0.1) is 11.3 Å². The maximum atomic E-state index is 12.7. The molecule has 0 fully saturated rings. The van der Waals surface area contributed by atoms with Gasteiger partial charge in [0.1, 0.15) is 5.69 Å². The zero-order valence-corrected chi connectivity index (χ0v) is 18.2. The maximum Gasteiger partial charge on any atom is 0.321 e. The number of rotatable bonds is 6. The van der Waals surface area contributed by atoms with Gasteiger partial charge in [-0.25, -0.2) is 9.78 Å². The lowest BCUT2D eigenvalue weighted by Crippen LogP contribution is -2.31. The van der Waals surface area contributed by atoms with Gasteiger partial charge in [-0.3, -0.25) is 4.79 Å². The lowest BCUT2D eigenvalue weighted by molar-refractivity contribution is 0.102. The van der Waals surface area contributed by atoms with E-state index in [2.05, 4.69) is 15.6 Å². The van der Waals surface area contributed by atoms with Crippen LogP contribution in [-0.4, -0.2) is 36.0 Å². The van der Waals surface area contributed by atoms with Gasteiger partial charge in [0.05, 0.1) is 29.5 Å². The molecule has 3 rings (SSSR count). The summed E-state index contributed by atoms with van der Waals surface area (Å²) in [5, 5.41) is 14.9. The number of aromatic nitrogens is 1. The Balaban J connectivity index is 1.75. The molecule has 0 aliphatic heterocycles. The molecule has 0 saturated heterocycles. The van der Waals surface area contributed by atoms with Crippen molar-refractivity contribution in [3.63, 3.8) is 0 Å². The van der Waals surface area contributed by atoms with Gasteiger partial charge >= 0.3 is 6.03 Å². The fraction of sp³-hybridized carbons (Fsp3) is 0.130. The van der Waals surface area contributed by atoms with Crippen molar-refractivity contribution in [2.75, 3.05) is 24.8 Å². The van der Waals surface area contributed by atoms with Gasteiger partial charge in [0.2, 0.25) is 5.88 Å². The van der Waals surface area contributed by atoms with Crippen LogP contribution in [-0.2, 0) is 6.54 Å². The Labute approximate surface area is 190 Å². The fourth-order valence-electron chi connectivity index (χ4n) is 2.89. The number of carbonyl (C=O) groups excluding carboxylic acids is 2. The van der Waals surface area contributed by atoms with Crippen LogP contribution in [0.2, 0.25) is 5.02 Å². The van der Waals surface area contributed by atoms with E-state index in [9.17, 15) is 9.59 Å². The summed E-state index contributed by atoms with van der Waals surface area (Å²) in [7, 11) is 3.08.